The summed E-state index contributed by atoms with van der Waals surface area (Å²) in [6.07, 6.45) is 0.723. The predicted molar refractivity (Wildman–Crippen MR) is 75.5 cm³/mol. The van der Waals surface area contributed by atoms with Gasteiger partial charge < -0.3 is 5.32 Å². The molecule has 6 nitrogen and oxygen atoms in total. The molecular formula is C13H18N2O4S. The van der Waals surface area contributed by atoms with E-state index in [0.717, 1.165) is 13.3 Å². The van der Waals surface area contributed by atoms with E-state index >= 15 is 0 Å². The van der Waals surface area contributed by atoms with Crippen LogP contribution in [0.4, 0.5) is 5.69 Å². The van der Waals surface area contributed by atoms with Gasteiger partial charge in [0.15, 0.2) is 0 Å². The molecule has 0 unspecified atom stereocenters. The van der Waals surface area contributed by atoms with E-state index in [0.29, 0.717) is 5.69 Å². The van der Waals surface area contributed by atoms with Crippen LogP contribution in [-0.4, -0.2) is 20.2 Å². The molecule has 110 valence electrons. The summed E-state index contributed by atoms with van der Waals surface area (Å²) in [5, 5.41) is 2.69. The lowest BCUT2D eigenvalue weighted by Crippen LogP contribution is -2.28. The number of amides is 2. The van der Waals surface area contributed by atoms with Gasteiger partial charge in [-0.1, -0.05) is 13.8 Å². The molecule has 7 heteroatoms. The summed E-state index contributed by atoms with van der Waals surface area (Å²) < 4.78 is 25.3. The van der Waals surface area contributed by atoms with E-state index < -0.39 is 15.9 Å². The maximum Gasteiger partial charge on any atom is 0.264 e. The smallest absolute Gasteiger partial charge is 0.264 e. The number of nitrogens with one attached hydrogen (secondary N) is 2. The van der Waals surface area contributed by atoms with Crippen LogP contribution < -0.4 is 10.0 Å². The Bertz CT molecular complexity index is 593. The molecule has 0 aliphatic carbocycles. The molecule has 0 radical (unpaired) electrons. The number of hydrogen-bond acceptors (Lipinski definition) is 4. The van der Waals surface area contributed by atoms with Gasteiger partial charge in [-0.25, -0.2) is 13.1 Å². The van der Waals surface area contributed by atoms with Gasteiger partial charge in [0.25, 0.3) is 10.0 Å². The largest absolute Gasteiger partial charge is 0.326 e. The topological polar surface area (TPSA) is 92.3 Å². The zero-order valence-corrected chi connectivity index (χ0v) is 12.5. The van der Waals surface area contributed by atoms with Gasteiger partial charge in [-0.05, 0) is 30.7 Å². The van der Waals surface area contributed by atoms with Gasteiger partial charge in [-0.15, -0.1) is 0 Å². The van der Waals surface area contributed by atoms with Crippen LogP contribution in [0.2, 0.25) is 0 Å². The number of rotatable bonds is 5. The quantitative estimate of drug-likeness (QED) is 0.861. The molecule has 0 aromatic heterocycles. The van der Waals surface area contributed by atoms with Crippen LogP contribution in [0.15, 0.2) is 29.2 Å². The molecule has 0 aliphatic heterocycles. The molecule has 20 heavy (non-hydrogen) atoms. The number of anilines is 1. The van der Waals surface area contributed by atoms with E-state index in [9.17, 15) is 18.0 Å². The highest BCUT2D eigenvalue weighted by Crippen LogP contribution is 2.15. The lowest BCUT2D eigenvalue weighted by Gasteiger charge is -2.10. The second kappa shape index (κ2) is 6.51. The van der Waals surface area contributed by atoms with Gasteiger partial charge in [0.2, 0.25) is 11.8 Å². The zero-order chi connectivity index (χ0) is 15.3. The summed E-state index contributed by atoms with van der Waals surface area (Å²) in [5.74, 6) is -0.887. The summed E-state index contributed by atoms with van der Waals surface area (Å²) in [6, 6.07) is 5.62. The number of benzene rings is 1. The third-order valence-electron chi connectivity index (χ3n) is 2.77. The van der Waals surface area contributed by atoms with Gasteiger partial charge in [0.1, 0.15) is 0 Å². The summed E-state index contributed by atoms with van der Waals surface area (Å²) in [5.41, 5.74) is 0.511. The Labute approximate surface area is 118 Å². The van der Waals surface area contributed by atoms with Crippen LogP contribution in [0.3, 0.4) is 0 Å². The second-order valence-corrected chi connectivity index (χ2v) is 6.17. The molecule has 2 amide bonds. The van der Waals surface area contributed by atoms with Gasteiger partial charge in [0.05, 0.1) is 4.90 Å². The number of carbonyl (C=O) groups excluding carboxylic acids is 2. The number of sulfonamides is 1. The van der Waals surface area contributed by atoms with Crippen molar-refractivity contribution in [2.75, 3.05) is 5.32 Å². The van der Waals surface area contributed by atoms with Crippen molar-refractivity contribution in [1.29, 1.82) is 0 Å². The van der Waals surface area contributed by atoms with Crippen molar-refractivity contribution in [3.8, 4) is 0 Å². The molecule has 1 aromatic carbocycles. The first-order chi connectivity index (χ1) is 9.26. The van der Waals surface area contributed by atoms with Crippen molar-refractivity contribution in [3.05, 3.63) is 24.3 Å². The van der Waals surface area contributed by atoms with Crippen molar-refractivity contribution in [2.45, 2.75) is 32.1 Å². The first-order valence-corrected chi connectivity index (χ1v) is 7.69. The highest BCUT2D eigenvalue weighted by Gasteiger charge is 2.16. The van der Waals surface area contributed by atoms with Gasteiger partial charge >= 0.3 is 0 Å². The molecule has 0 spiro atoms. The van der Waals surface area contributed by atoms with Crippen LogP contribution in [0.25, 0.3) is 0 Å². The van der Waals surface area contributed by atoms with Crippen LogP contribution in [0.5, 0.6) is 0 Å². The average molecular weight is 298 g/mol. The van der Waals surface area contributed by atoms with Crippen LogP contribution in [0, 0.1) is 5.92 Å². The Morgan fingerprint density at radius 1 is 1.20 bits per heavy atom. The fraction of sp³-hybridized carbons (Fsp3) is 0.385. The minimum atomic E-state index is -3.84. The Balaban J connectivity index is 2.84. The van der Waals surface area contributed by atoms with E-state index in [-0.39, 0.29) is 16.7 Å². The highest BCUT2D eigenvalue weighted by molar-refractivity contribution is 7.90. The molecule has 0 saturated carbocycles. The fourth-order valence-corrected chi connectivity index (χ4v) is 2.41. The third-order valence-corrected chi connectivity index (χ3v) is 4.22. The molecule has 0 heterocycles. The Morgan fingerprint density at radius 3 is 2.20 bits per heavy atom. The zero-order valence-electron chi connectivity index (χ0n) is 11.6. The van der Waals surface area contributed by atoms with Crippen molar-refractivity contribution < 1.29 is 18.0 Å². The maximum atomic E-state index is 11.7. The standard InChI is InChI=1S/C13H18N2O4S/c1-4-9(2)13(17)14-11-5-7-12(8-6-11)20(18,19)15-10(3)16/h5-9H,4H2,1-3H3,(H,14,17)(H,15,16)/t9-/m1/s1. The Hall–Kier alpha value is -1.89. The number of hydrogen-bond donors (Lipinski definition) is 2. The molecule has 0 fully saturated rings. The first kappa shape index (κ1) is 16.2. The SMILES string of the molecule is CC[C@@H](C)C(=O)Nc1ccc(S(=O)(=O)NC(C)=O)cc1. The maximum absolute atomic E-state index is 11.7. The normalized spacial score (nSPS) is 12.6. The summed E-state index contributed by atoms with van der Waals surface area (Å²) in [7, 11) is -3.84. The monoisotopic (exact) mass is 298 g/mol. The summed E-state index contributed by atoms with van der Waals surface area (Å²) in [4.78, 5) is 22.5. The molecule has 2 N–H and O–H groups in total. The predicted octanol–water partition coefficient (Wildman–Crippen LogP) is 1.50. The van der Waals surface area contributed by atoms with E-state index in [1.165, 1.54) is 24.3 Å². The second-order valence-electron chi connectivity index (χ2n) is 4.48. The lowest BCUT2D eigenvalue weighted by molar-refractivity contribution is -0.119. The lowest BCUT2D eigenvalue weighted by atomic mass is 10.1. The van der Waals surface area contributed by atoms with Crippen molar-refractivity contribution in [3.63, 3.8) is 0 Å². The Kier molecular flexibility index (Phi) is 5.26. The Morgan fingerprint density at radius 2 is 1.75 bits per heavy atom. The van der Waals surface area contributed by atoms with E-state index in [1.54, 1.807) is 0 Å². The third kappa shape index (κ3) is 4.34. The molecule has 0 saturated heterocycles. The van der Waals surface area contributed by atoms with Gasteiger partial charge in [-0.3, -0.25) is 9.59 Å². The van der Waals surface area contributed by atoms with Crippen molar-refractivity contribution in [1.82, 2.24) is 4.72 Å². The highest BCUT2D eigenvalue weighted by atomic mass is 32.2. The molecule has 1 aromatic rings. The first-order valence-electron chi connectivity index (χ1n) is 6.20. The molecule has 1 rings (SSSR count). The van der Waals surface area contributed by atoms with Gasteiger partial charge in [0, 0.05) is 18.5 Å². The number of carbonyl (C=O) groups is 2. The van der Waals surface area contributed by atoms with Crippen LogP contribution >= 0.6 is 0 Å². The van der Waals surface area contributed by atoms with E-state index in [2.05, 4.69) is 5.32 Å². The summed E-state index contributed by atoms with van der Waals surface area (Å²) >= 11 is 0. The van der Waals surface area contributed by atoms with E-state index in [4.69, 9.17) is 0 Å². The van der Waals surface area contributed by atoms with Crippen molar-refractivity contribution in [2.24, 2.45) is 5.92 Å². The fourth-order valence-electron chi connectivity index (χ4n) is 1.42. The summed E-state index contributed by atoms with van der Waals surface area (Å²) in [6.45, 7) is 4.84. The molecule has 0 aliphatic rings. The average Bonchev–Trinajstić information content (AvgIpc) is 2.36. The van der Waals surface area contributed by atoms with Crippen LogP contribution in [-0.2, 0) is 19.6 Å². The van der Waals surface area contributed by atoms with Crippen LogP contribution in [0.1, 0.15) is 27.2 Å². The molecular weight excluding hydrogens is 280 g/mol. The minimum Gasteiger partial charge on any atom is -0.326 e. The minimum absolute atomic E-state index is 0.0331. The van der Waals surface area contributed by atoms with Gasteiger partial charge in [-0.2, -0.15) is 0 Å². The molecule has 1 atom stereocenters. The van der Waals surface area contributed by atoms with E-state index in [1.807, 2.05) is 18.6 Å². The van der Waals surface area contributed by atoms with Crippen molar-refractivity contribution >= 4 is 27.5 Å². The molecule has 0 bridgehead atoms.